The molecule has 2 rings (SSSR count). The van der Waals surface area contributed by atoms with Gasteiger partial charge in [0.15, 0.2) is 0 Å². The van der Waals surface area contributed by atoms with Gasteiger partial charge in [-0.05, 0) is 33.6 Å². The van der Waals surface area contributed by atoms with Crippen LogP contribution < -0.4 is 0 Å². The van der Waals surface area contributed by atoms with Crippen LogP contribution in [0.3, 0.4) is 0 Å². The van der Waals surface area contributed by atoms with Crippen molar-refractivity contribution in [1.82, 2.24) is 4.90 Å². The normalized spacial score (nSPS) is 28.8. The molecule has 1 saturated carbocycles. The molecule has 2 fully saturated rings. The molecule has 2 bridgehead atoms. The number of nitrogens with zero attached hydrogens (tertiary/aromatic N) is 1. The van der Waals surface area contributed by atoms with Gasteiger partial charge < -0.3 is 9.64 Å². The lowest BCUT2D eigenvalue weighted by molar-refractivity contribution is -0.0651. The standard InChI is InChI=1S/C13H20F3NO5S/c1-12(2,3)21-11(18)17-6-8-4-5-9(7-17)10(8)22-23(19,20)13(14,15)16/h8-10H,4-7H2,1-3H3. The van der Waals surface area contributed by atoms with E-state index in [0.29, 0.717) is 12.8 Å². The third kappa shape index (κ3) is 4.09. The minimum absolute atomic E-state index is 0.128. The van der Waals surface area contributed by atoms with E-state index in [0.717, 1.165) is 0 Å². The number of piperidine rings is 1. The van der Waals surface area contributed by atoms with Crippen LogP contribution in [-0.2, 0) is 19.0 Å². The lowest BCUT2D eigenvalue weighted by Crippen LogP contribution is -2.50. The van der Waals surface area contributed by atoms with E-state index in [4.69, 9.17) is 4.74 Å². The zero-order valence-corrected chi connectivity index (χ0v) is 13.9. The van der Waals surface area contributed by atoms with Gasteiger partial charge in [-0.15, -0.1) is 0 Å². The summed E-state index contributed by atoms with van der Waals surface area (Å²) in [5.74, 6) is -0.892. The van der Waals surface area contributed by atoms with E-state index in [9.17, 15) is 26.4 Å². The molecule has 134 valence electrons. The molecule has 0 aromatic carbocycles. The van der Waals surface area contributed by atoms with Crippen LogP contribution in [0.15, 0.2) is 0 Å². The van der Waals surface area contributed by atoms with E-state index < -0.39 is 45.3 Å². The maximum atomic E-state index is 12.5. The Morgan fingerprint density at radius 1 is 1.09 bits per heavy atom. The molecule has 2 unspecified atom stereocenters. The second-order valence-corrected chi connectivity index (χ2v) is 8.51. The van der Waals surface area contributed by atoms with Gasteiger partial charge in [0.25, 0.3) is 0 Å². The quantitative estimate of drug-likeness (QED) is 0.559. The average molecular weight is 359 g/mol. The Hall–Kier alpha value is -1.03. The molecule has 2 aliphatic rings. The molecule has 1 aliphatic heterocycles. The molecule has 10 heteroatoms. The average Bonchev–Trinajstić information content (AvgIpc) is 2.57. The monoisotopic (exact) mass is 359 g/mol. The summed E-state index contributed by atoms with van der Waals surface area (Å²) in [7, 11) is -5.62. The van der Waals surface area contributed by atoms with E-state index in [1.165, 1.54) is 4.90 Å². The van der Waals surface area contributed by atoms with Crippen molar-refractivity contribution < 1.29 is 35.3 Å². The number of carbonyl (C=O) groups is 1. The van der Waals surface area contributed by atoms with Crippen LogP contribution in [0.1, 0.15) is 33.6 Å². The summed E-state index contributed by atoms with van der Waals surface area (Å²) in [6.07, 6.45) is -0.559. The van der Waals surface area contributed by atoms with Gasteiger partial charge in [-0.1, -0.05) is 0 Å². The van der Waals surface area contributed by atoms with Crippen LogP contribution in [0.2, 0.25) is 0 Å². The van der Waals surface area contributed by atoms with Gasteiger partial charge in [-0.2, -0.15) is 21.6 Å². The lowest BCUT2D eigenvalue weighted by Gasteiger charge is -2.37. The molecular formula is C13H20F3NO5S. The number of rotatable bonds is 2. The first-order valence-electron chi connectivity index (χ1n) is 7.27. The maximum absolute atomic E-state index is 12.5. The summed E-state index contributed by atoms with van der Waals surface area (Å²) in [6.45, 7) is 5.40. The Kier molecular flexibility index (Phi) is 4.62. The largest absolute Gasteiger partial charge is 0.523 e. The minimum atomic E-state index is -5.62. The van der Waals surface area contributed by atoms with E-state index >= 15 is 0 Å². The fourth-order valence-corrected chi connectivity index (χ4v) is 3.72. The minimum Gasteiger partial charge on any atom is -0.444 e. The van der Waals surface area contributed by atoms with E-state index in [2.05, 4.69) is 4.18 Å². The van der Waals surface area contributed by atoms with Crippen molar-refractivity contribution in [3.63, 3.8) is 0 Å². The Morgan fingerprint density at radius 3 is 1.96 bits per heavy atom. The fourth-order valence-electron chi connectivity index (χ4n) is 3.01. The zero-order valence-electron chi connectivity index (χ0n) is 13.1. The molecule has 1 amide bonds. The summed E-state index contributed by atoms with van der Waals surface area (Å²) < 4.78 is 69.4. The highest BCUT2D eigenvalue weighted by atomic mass is 32.2. The first-order chi connectivity index (χ1) is 10.3. The van der Waals surface area contributed by atoms with Crippen LogP contribution in [0.4, 0.5) is 18.0 Å². The Balaban J connectivity index is 2.05. The third-order valence-corrected chi connectivity index (χ3v) is 4.96. The molecule has 1 heterocycles. The summed E-state index contributed by atoms with van der Waals surface area (Å²) >= 11 is 0. The number of fused-ring (bicyclic) bond motifs is 2. The SMILES string of the molecule is CC(C)(C)OC(=O)N1CC2CCC(C1)C2OS(=O)(=O)C(F)(F)F. The predicted molar refractivity (Wildman–Crippen MR) is 73.9 cm³/mol. The molecular weight excluding hydrogens is 339 g/mol. The van der Waals surface area contributed by atoms with E-state index in [1.54, 1.807) is 20.8 Å². The maximum Gasteiger partial charge on any atom is 0.523 e. The molecule has 0 radical (unpaired) electrons. The Bertz CT molecular complexity index is 555. The number of alkyl halides is 3. The van der Waals surface area contributed by atoms with Crippen LogP contribution in [-0.4, -0.2) is 49.7 Å². The number of hydrogen-bond donors (Lipinski definition) is 0. The van der Waals surface area contributed by atoms with Crippen molar-refractivity contribution >= 4 is 16.2 Å². The number of ether oxygens (including phenoxy) is 1. The molecule has 6 nitrogen and oxygen atoms in total. The smallest absolute Gasteiger partial charge is 0.444 e. The predicted octanol–water partition coefficient (Wildman–Crippen LogP) is 2.50. The van der Waals surface area contributed by atoms with E-state index in [1.807, 2.05) is 0 Å². The Labute approximate surface area is 133 Å². The second-order valence-electron chi connectivity index (χ2n) is 6.94. The van der Waals surface area contributed by atoms with Crippen LogP contribution in [0.5, 0.6) is 0 Å². The summed E-state index contributed by atoms with van der Waals surface area (Å²) in [5, 5.41) is 0. The van der Waals surface area contributed by atoms with Gasteiger partial charge in [0.05, 0.1) is 6.10 Å². The molecule has 0 aromatic rings. The van der Waals surface area contributed by atoms with Crippen molar-refractivity contribution in [2.75, 3.05) is 13.1 Å². The van der Waals surface area contributed by atoms with Crippen LogP contribution >= 0.6 is 0 Å². The van der Waals surface area contributed by atoms with Gasteiger partial charge in [-0.3, -0.25) is 4.18 Å². The zero-order chi connectivity index (χ0) is 17.6. The van der Waals surface area contributed by atoms with Crippen molar-refractivity contribution in [3.8, 4) is 0 Å². The van der Waals surface area contributed by atoms with Crippen molar-refractivity contribution in [1.29, 1.82) is 0 Å². The lowest BCUT2D eigenvalue weighted by atomic mass is 9.95. The topological polar surface area (TPSA) is 72.9 Å². The molecule has 0 aromatic heterocycles. The highest BCUT2D eigenvalue weighted by Crippen LogP contribution is 2.41. The number of halogens is 3. The van der Waals surface area contributed by atoms with Crippen LogP contribution in [0.25, 0.3) is 0 Å². The number of amides is 1. The van der Waals surface area contributed by atoms with Gasteiger partial charge in [0, 0.05) is 24.9 Å². The fraction of sp³-hybridized carbons (Fsp3) is 0.923. The van der Waals surface area contributed by atoms with Gasteiger partial charge in [-0.25, -0.2) is 4.79 Å². The molecule has 0 N–H and O–H groups in total. The van der Waals surface area contributed by atoms with Crippen molar-refractivity contribution in [3.05, 3.63) is 0 Å². The molecule has 2 atom stereocenters. The number of hydrogen-bond acceptors (Lipinski definition) is 5. The molecule has 23 heavy (non-hydrogen) atoms. The van der Waals surface area contributed by atoms with Crippen molar-refractivity contribution in [2.45, 2.75) is 50.8 Å². The molecule has 1 aliphatic carbocycles. The van der Waals surface area contributed by atoms with Gasteiger partial charge >= 0.3 is 21.7 Å². The first kappa shape index (κ1) is 18.3. The van der Waals surface area contributed by atoms with E-state index in [-0.39, 0.29) is 13.1 Å². The summed E-state index contributed by atoms with van der Waals surface area (Å²) in [5.41, 5.74) is -6.11. The summed E-state index contributed by atoms with van der Waals surface area (Å²) in [6, 6.07) is 0. The third-order valence-electron chi connectivity index (χ3n) is 3.92. The highest BCUT2D eigenvalue weighted by molar-refractivity contribution is 7.87. The molecule has 0 spiro atoms. The number of carbonyl (C=O) groups excluding carboxylic acids is 1. The Morgan fingerprint density at radius 2 is 1.57 bits per heavy atom. The highest BCUT2D eigenvalue weighted by Gasteiger charge is 2.53. The van der Waals surface area contributed by atoms with Gasteiger partial charge in [0.2, 0.25) is 0 Å². The number of likely N-dealkylation sites (tertiary alicyclic amines) is 1. The second kappa shape index (κ2) is 5.80. The van der Waals surface area contributed by atoms with Crippen LogP contribution in [0, 0.1) is 11.8 Å². The first-order valence-corrected chi connectivity index (χ1v) is 8.68. The molecule has 1 saturated heterocycles. The summed E-state index contributed by atoms with van der Waals surface area (Å²) in [4.78, 5) is 13.5. The van der Waals surface area contributed by atoms with Gasteiger partial charge in [0.1, 0.15) is 5.60 Å². The van der Waals surface area contributed by atoms with Crippen molar-refractivity contribution in [2.24, 2.45) is 11.8 Å².